The second-order valence-electron chi connectivity index (χ2n) is 8.98. The number of hydrogen-bond donors (Lipinski definition) is 1. The summed E-state index contributed by atoms with van der Waals surface area (Å²) in [6.07, 6.45) is 3.94. The van der Waals surface area contributed by atoms with Crippen LogP contribution in [-0.4, -0.2) is 65.6 Å². The molecule has 39 heavy (non-hydrogen) atoms. The number of hydrogen-bond acceptors (Lipinski definition) is 7. The van der Waals surface area contributed by atoms with Crippen LogP contribution >= 0.6 is 23.4 Å². The topological polar surface area (TPSA) is 96.0 Å². The molecule has 10 heteroatoms. The van der Waals surface area contributed by atoms with Crippen molar-refractivity contribution in [2.24, 2.45) is 0 Å². The number of unbranched alkanes of at least 4 members (excludes halogenated alkanes) is 2. The van der Waals surface area contributed by atoms with Crippen LogP contribution in [-0.2, 0) is 14.3 Å². The number of imide groups is 1. The van der Waals surface area contributed by atoms with Crippen molar-refractivity contribution in [3.63, 3.8) is 0 Å². The van der Waals surface area contributed by atoms with E-state index in [0.717, 1.165) is 30.4 Å². The molecule has 1 saturated heterocycles. The Hall–Kier alpha value is -3.14. The summed E-state index contributed by atoms with van der Waals surface area (Å²) in [6.45, 7) is 7.28. The second kappa shape index (κ2) is 15.5. The maximum absolute atomic E-state index is 12.6. The van der Waals surface area contributed by atoms with Gasteiger partial charge >= 0.3 is 5.97 Å². The number of amides is 3. The molecule has 208 valence electrons. The summed E-state index contributed by atoms with van der Waals surface area (Å²) in [5.41, 5.74) is 1.84. The molecule has 0 spiro atoms. The van der Waals surface area contributed by atoms with Gasteiger partial charge in [-0.3, -0.25) is 19.3 Å². The minimum absolute atomic E-state index is 0.137. The van der Waals surface area contributed by atoms with Crippen LogP contribution in [0.15, 0.2) is 53.4 Å². The van der Waals surface area contributed by atoms with Crippen molar-refractivity contribution >= 4 is 58.1 Å². The van der Waals surface area contributed by atoms with Crippen LogP contribution in [0.4, 0.5) is 10.5 Å². The number of anilines is 1. The molecule has 1 heterocycles. The molecule has 0 saturated carbocycles. The van der Waals surface area contributed by atoms with Crippen molar-refractivity contribution in [1.29, 1.82) is 0 Å². The van der Waals surface area contributed by atoms with Crippen LogP contribution in [0, 0.1) is 0 Å². The number of carbonyl (C=O) groups excluding carboxylic acids is 4. The number of halogens is 1. The number of likely N-dealkylation sites (N-methyl/N-ethyl adjacent to an activating group) is 1. The third-order valence-corrected chi connectivity index (χ3v) is 7.43. The van der Waals surface area contributed by atoms with Gasteiger partial charge in [0.05, 0.1) is 10.5 Å². The molecule has 3 rings (SSSR count). The van der Waals surface area contributed by atoms with Crippen molar-refractivity contribution < 1.29 is 23.9 Å². The summed E-state index contributed by atoms with van der Waals surface area (Å²) in [6, 6.07) is 13.7. The maximum atomic E-state index is 12.6. The van der Waals surface area contributed by atoms with Gasteiger partial charge in [-0.2, -0.15) is 0 Å². The molecule has 3 amide bonds. The van der Waals surface area contributed by atoms with Gasteiger partial charge in [-0.15, -0.1) is 0 Å². The number of nitrogens with zero attached hydrogens (tertiary/aromatic N) is 2. The first-order valence-corrected chi connectivity index (χ1v) is 14.3. The highest BCUT2D eigenvalue weighted by Gasteiger charge is 2.34. The molecule has 0 aromatic heterocycles. The lowest BCUT2D eigenvalue weighted by atomic mass is 10.1. The summed E-state index contributed by atoms with van der Waals surface area (Å²) in [5.74, 6) is -0.823. The van der Waals surface area contributed by atoms with Crippen molar-refractivity contribution in [2.75, 3.05) is 38.1 Å². The van der Waals surface area contributed by atoms with Crippen LogP contribution in [0.2, 0.25) is 5.02 Å². The lowest BCUT2D eigenvalue weighted by Crippen LogP contribution is -2.29. The minimum Gasteiger partial charge on any atom is -0.461 e. The molecule has 0 bridgehead atoms. The highest BCUT2D eigenvalue weighted by atomic mass is 35.5. The normalized spacial score (nSPS) is 14.4. The first-order valence-electron chi connectivity index (χ1n) is 13.1. The largest absolute Gasteiger partial charge is 0.461 e. The Kier molecular flexibility index (Phi) is 12.0. The fourth-order valence-electron chi connectivity index (χ4n) is 3.94. The molecule has 0 radical (unpaired) electrons. The van der Waals surface area contributed by atoms with Gasteiger partial charge in [-0.25, -0.2) is 4.79 Å². The highest BCUT2D eigenvalue weighted by Crippen LogP contribution is 2.32. The Labute approximate surface area is 238 Å². The van der Waals surface area contributed by atoms with Crippen LogP contribution in [0.3, 0.4) is 0 Å². The fraction of sp³-hybridized carbons (Fsp3) is 0.379. The molecule has 0 atom stereocenters. The monoisotopic (exact) mass is 571 g/mol. The van der Waals surface area contributed by atoms with E-state index in [4.69, 9.17) is 16.3 Å². The van der Waals surface area contributed by atoms with Crippen LogP contribution < -0.4 is 5.32 Å². The third kappa shape index (κ3) is 9.53. The summed E-state index contributed by atoms with van der Waals surface area (Å²) >= 11 is 6.82. The smallest absolute Gasteiger partial charge is 0.338 e. The highest BCUT2D eigenvalue weighted by molar-refractivity contribution is 8.18. The average Bonchev–Trinajstić information content (AvgIpc) is 3.19. The van der Waals surface area contributed by atoms with E-state index in [9.17, 15) is 19.2 Å². The van der Waals surface area contributed by atoms with Crippen LogP contribution in [0.1, 0.15) is 55.5 Å². The third-order valence-electron chi connectivity index (χ3n) is 6.27. The Morgan fingerprint density at radius 1 is 1.00 bits per heavy atom. The Morgan fingerprint density at radius 3 is 2.36 bits per heavy atom. The van der Waals surface area contributed by atoms with E-state index in [0.29, 0.717) is 66.6 Å². The van der Waals surface area contributed by atoms with Crippen molar-refractivity contribution in [1.82, 2.24) is 9.80 Å². The predicted octanol–water partition coefficient (Wildman–Crippen LogP) is 6.07. The fourth-order valence-corrected chi connectivity index (χ4v) is 4.93. The first-order chi connectivity index (χ1) is 18.8. The van der Waals surface area contributed by atoms with Gasteiger partial charge in [0.25, 0.3) is 11.1 Å². The molecule has 2 aromatic carbocycles. The summed E-state index contributed by atoms with van der Waals surface area (Å²) in [5, 5.41) is 3.14. The van der Waals surface area contributed by atoms with Crippen LogP contribution in [0.5, 0.6) is 0 Å². The Bertz CT molecular complexity index is 1180. The number of thioether (sulfide) groups is 1. The summed E-state index contributed by atoms with van der Waals surface area (Å²) in [7, 11) is 0. The molecule has 2 aromatic rings. The van der Waals surface area contributed by atoms with Gasteiger partial charge < -0.3 is 15.0 Å². The van der Waals surface area contributed by atoms with Gasteiger partial charge in [-0.05, 0) is 85.7 Å². The number of carbonyl (C=O) groups is 4. The Balaban J connectivity index is 1.34. The van der Waals surface area contributed by atoms with Crippen molar-refractivity contribution in [3.05, 3.63) is 69.6 Å². The second-order valence-corrected chi connectivity index (χ2v) is 10.4. The number of rotatable bonds is 14. The summed E-state index contributed by atoms with van der Waals surface area (Å²) in [4.78, 5) is 53.3. The molecule has 1 N–H and O–H groups in total. The number of nitrogens with one attached hydrogen (secondary N) is 1. The van der Waals surface area contributed by atoms with Gasteiger partial charge in [0.2, 0.25) is 5.91 Å². The van der Waals surface area contributed by atoms with Gasteiger partial charge in [0, 0.05) is 30.2 Å². The zero-order valence-electron chi connectivity index (χ0n) is 22.3. The van der Waals surface area contributed by atoms with E-state index in [1.807, 2.05) is 0 Å². The Morgan fingerprint density at radius 2 is 1.69 bits per heavy atom. The van der Waals surface area contributed by atoms with Gasteiger partial charge in [0.15, 0.2) is 0 Å². The minimum atomic E-state index is -0.388. The zero-order valence-corrected chi connectivity index (χ0v) is 23.9. The SMILES string of the molecule is CCN(CC)CCOC(=O)c1ccc(NC(=O)CCCCCN2C(=O)SC(=Cc3ccc(Cl)cc3)C2=O)cc1. The quantitative estimate of drug-likeness (QED) is 0.167. The van der Waals surface area contributed by atoms with E-state index in [-0.39, 0.29) is 23.0 Å². The molecule has 1 fully saturated rings. The molecule has 1 aliphatic heterocycles. The maximum Gasteiger partial charge on any atom is 0.338 e. The standard InChI is InChI=1S/C29H34ClN3O5S/c1-3-32(4-2)18-19-38-28(36)22-11-15-24(16-12-22)31-26(34)8-6-5-7-17-33-27(35)25(39-29(33)37)20-21-9-13-23(30)14-10-21/h9-16,20H,3-8,17-19H2,1-2H3,(H,31,34). The molecule has 0 unspecified atom stereocenters. The average molecular weight is 572 g/mol. The van der Waals surface area contributed by atoms with Crippen molar-refractivity contribution in [3.8, 4) is 0 Å². The first kappa shape index (κ1) is 30.4. The summed E-state index contributed by atoms with van der Waals surface area (Å²) < 4.78 is 5.32. The predicted molar refractivity (Wildman–Crippen MR) is 156 cm³/mol. The molecular weight excluding hydrogens is 538 g/mol. The van der Waals surface area contributed by atoms with Gasteiger partial charge in [-0.1, -0.05) is 44.0 Å². The van der Waals surface area contributed by atoms with Crippen molar-refractivity contribution in [2.45, 2.75) is 39.5 Å². The number of benzene rings is 2. The number of ether oxygens (including phenoxy) is 1. The molecule has 0 aliphatic carbocycles. The lowest BCUT2D eigenvalue weighted by Gasteiger charge is -2.17. The number of esters is 1. The molecule has 8 nitrogen and oxygen atoms in total. The van der Waals surface area contributed by atoms with E-state index in [1.54, 1.807) is 54.6 Å². The van der Waals surface area contributed by atoms with E-state index >= 15 is 0 Å². The van der Waals surface area contributed by atoms with E-state index in [1.165, 1.54) is 4.90 Å². The van der Waals surface area contributed by atoms with E-state index in [2.05, 4.69) is 24.1 Å². The van der Waals surface area contributed by atoms with E-state index < -0.39 is 0 Å². The zero-order chi connectivity index (χ0) is 28.2. The van der Waals surface area contributed by atoms with Gasteiger partial charge in [0.1, 0.15) is 6.61 Å². The lowest BCUT2D eigenvalue weighted by molar-refractivity contribution is -0.123. The molecular formula is C29H34ClN3O5S. The molecule has 1 aliphatic rings. The van der Waals surface area contributed by atoms with Crippen LogP contribution in [0.25, 0.3) is 6.08 Å².